The van der Waals surface area contributed by atoms with Crippen LogP contribution in [0, 0.1) is 17.5 Å². The topological polar surface area (TPSA) is 97.1 Å². The summed E-state index contributed by atoms with van der Waals surface area (Å²) in [7, 11) is 0. The first-order valence-electron chi connectivity index (χ1n) is 12.7. The van der Waals surface area contributed by atoms with Crippen molar-refractivity contribution >= 4 is 0 Å². The molecule has 5 atom stereocenters. The molecule has 2 aromatic carbocycles. The maximum Gasteiger partial charge on any atom is 0.197 e. The number of hydrogen-bond donors (Lipinski definition) is 1. The molecule has 3 aromatic rings. The number of hydrogen-bond acceptors (Lipinski definition) is 8. The SMILES string of the molecule is CC1(C)OC[C@H]2O[C@@]3(CCCO3)[C@H](OCc3ccccc3O)[C@@H](n3cc(-c4cc(F)c(F)c(F)c4)nn3)[C@H]2O1. The molecule has 4 heterocycles. The molecule has 3 aliphatic rings. The summed E-state index contributed by atoms with van der Waals surface area (Å²) >= 11 is 0. The van der Waals surface area contributed by atoms with Crippen LogP contribution in [0.3, 0.4) is 0 Å². The Morgan fingerprint density at radius 1 is 1.10 bits per heavy atom. The summed E-state index contributed by atoms with van der Waals surface area (Å²) in [5, 5.41) is 18.7. The van der Waals surface area contributed by atoms with Gasteiger partial charge in [0, 0.05) is 17.5 Å². The third kappa shape index (κ3) is 4.80. The van der Waals surface area contributed by atoms with Crippen LogP contribution in [0.5, 0.6) is 5.75 Å². The standard InChI is InChI=1S/C27H28F3N3O6/c1-26(2)37-14-21-24(39-26)23(33-12-19(31-32-33)16-10-17(28)22(30)18(29)11-16)25(27(38-21)8-5-9-36-27)35-13-15-6-3-4-7-20(15)34/h3-4,6-7,10-12,21,23-25,34H,5,8-9,13-14H2,1-2H3/t21-,23+,24+,25-,27+/m1/s1. The van der Waals surface area contributed by atoms with Gasteiger partial charge in [0.2, 0.25) is 0 Å². The summed E-state index contributed by atoms with van der Waals surface area (Å²) < 4.78 is 74.4. The fraction of sp³-hybridized carbons (Fsp3) is 0.481. The quantitative estimate of drug-likeness (QED) is 0.474. The van der Waals surface area contributed by atoms with E-state index >= 15 is 0 Å². The highest BCUT2D eigenvalue weighted by molar-refractivity contribution is 5.58. The zero-order valence-electron chi connectivity index (χ0n) is 21.4. The van der Waals surface area contributed by atoms with Gasteiger partial charge in [-0.15, -0.1) is 5.10 Å². The number of nitrogens with zero attached hydrogens (tertiary/aromatic N) is 3. The number of phenolic OH excluding ortho intramolecular Hbond substituents is 1. The highest BCUT2D eigenvalue weighted by Gasteiger charge is 2.61. The molecule has 0 unspecified atom stereocenters. The van der Waals surface area contributed by atoms with E-state index in [0.717, 1.165) is 18.6 Å². The number of aromatic nitrogens is 3. The largest absolute Gasteiger partial charge is 0.508 e. The molecule has 1 spiro atoms. The third-order valence-corrected chi connectivity index (χ3v) is 7.33. The third-order valence-electron chi connectivity index (χ3n) is 7.33. The Hall–Kier alpha value is -3.03. The van der Waals surface area contributed by atoms with E-state index in [4.69, 9.17) is 23.7 Å². The maximum absolute atomic E-state index is 14.0. The smallest absolute Gasteiger partial charge is 0.197 e. The molecule has 0 saturated carbocycles. The molecule has 6 rings (SSSR count). The molecule has 3 fully saturated rings. The van der Waals surface area contributed by atoms with Crippen molar-refractivity contribution in [2.24, 2.45) is 0 Å². The Bertz CT molecular complexity index is 1340. The molecule has 0 radical (unpaired) electrons. The lowest BCUT2D eigenvalue weighted by Crippen LogP contribution is -2.67. The van der Waals surface area contributed by atoms with E-state index in [-0.39, 0.29) is 30.2 Å². The summed E-state index contributed by atoms with van der Waals surface area (Å²) in [6.07, 6.45) is 0.797. The first-order valence-corrected chi connectivity index (χ1v) is 12.7. The second kappa shape index (κ2) is 9.86. The normalized spacial score (nSPS) is 30.0. The molecule has 208 valence electrons. The summed E-state index contributed by atoms with van der Waals surface area (Å²) in [5.74, 6) is -6.25. The molecule has 0 amide bonds. The van der Waals surface area contributed by atoms with E-state index < -0.39 is 53.4 Å². The van der Waals surface area contributed by atoms with E-state index in [1.165, 1.54) is 10.9 Å². The lowest BCUT2D eigenvalue weighted by atomic mass is 9.87. The van der Waals surface area contributed by atoms with E-state index in [2.05, 4.69) is 10.3 Å². The summed E-state index contributed by atoms with van der Waals surface area (Å²) in [6.45, 7) is 4.28. The minimum atomic E-state index is -1.56. The summed E-state index contributed by atoms with van der Waals surface area (Å²) in [6, 6.07) is 7.88. The zero-order chi connectivity index (χ0) is 27.4. The molecule has 0 aliphatic carbocycles. The molecule has 0 bridgehead atoms. The van der Waals surface area contributed by atoms with Crippen molar-refractivity contribution in [1.29, 1.82) is 0 Å². The van der Waals surface area contributed by atoms with Gasteiger partial charge >= 0.3 is 0 Å². The van der Waals surface area contributed by atoms with Crippen LogP contribution in [0.25, 0.3) is 11.3 Å². The number of ether oxygens (including phenoxy) is 5. The molecular formula is C27H28F3N3O6. The van der Waals surface area contributed by atoms with Gasteiger partial charge in [0.1, 0.15) is 35.8 Å². The zero-order valence-corrected chi connectivity index (χ0v) is 21.4. The Labute approximate surface area is 222 Å². The average Bonchev–Trinajstić information content (AvgIpc) is 3.57. The first-order chi connectivity index (χ1) is 18.7. The Morgan fingerprint density at radius 2 is 1.87 bits per heavy atom. The van der Waals surface area contributed by atoms with Crippen molar-refractivity contribution in [2.45, 2.75) is 69.2 Å². The first kappa shape index (κ1) is 26.2. The van der Waals surface area contributed by atoms with Crippen LogP contribution >= 0.6 is 0 Å². The van der Waals surface area contributed by atoms with Crippen molar-refractivity contribution in [1.82, 2.24) is 15.0 Å². The number of halogens is 3. The minimum absolute atomic E-state index is 0.0213. The van der Waals surface area contributed by atoms with Crippen LogP contribution in [-0.4, -0.2) is 63.2 Å². The lowest BCUT2D eigenvalue weighted by molar-refractivity contribution is -0.404. The van der Waals surface area contributed by atoms with Crippen LogP contribution in [0.15, 0.2) is 42.6 Å². The Morgan fingerprint density at radius 3 is 2.59 bits per heavy atom. The molecule has 3 saturated heterocycles. The second-order valence-electron chi connectivity index (χ2n) is 10.4. The van der Waals surface area contributed by atoms with Crippen LogP contribution < -0.4 is 0 Å². The monoisotopic (exact) mass is 547 g/mol. The van der Waals surface area contributed by atoms with E-state index in [9.17, 15) is 18.3 Å². The fourth-order valence-electron chi connectivity index (χ4n) is 5.50. The van der Waals surface area contributed by atoms with Crippen LogP contribution in [-0.2, 0) is 30.3 Å². The van der Waals surface area contributed by atoms with Crippen molar-refractivity contribution < 1.29 is 42.0 Å². The van der Waals surface area contributed by atoms with Crippen molar-refractivity contribution in [2.75, 3.05) is 13.2 Å². The van der Waals surface area contributed by atoms with Gasteiger partial charge < -0.3 is 28.8 Å². The number of aromatic hydroxyl groups is 1. The van der Waals surface area contributed by atoms with Crippen LogP contribution in [0.4, 0.5) is 13.2 Å². The van der Waals surface area contributed by atoms with Crippen molar-refractivity contribution in [3.63, 3.8) is 0 Å². The number of fused-ring (bicyclic) bond motifs is 1. The molecule has 1 aromatic heterocycles. The molecule has 3 aliphatic heterocycles. The highest BCUT2D eigenvalue weighted by Crippen LogP contribution is 2.48. The maximum atomic E-state index is 14.0. The van der Waals surface area contributed by atoms with Gasteiger partial charge in [0.15, 0.2) is 29.0 Å². The minimum Gasteiger partial charge on any atom is -0.508 e. The van der Waals surface area contributed by atoms with Gasteiger partial charge in [-0.05, 0) is 38.5 Å². The Balaban J connectivity index is 1.41. The van der Waals surface area contributed by atoms with Crippen LogP contribution in [0.1, 0.15) is 38.3 Å². The lowest BCUT2D eigenvalue weighted by Gasteiger charge is -2.54. The molecule has 1 N–H and O–H groups in total. The predicted molar refractivity (Wildman–Crippen MR) is 129 cm³/mol. The fourth-order valence-corrected chi connectivity index (χ4v) is 5.50. The van der Waals surface area contributed by atoms with Gasteiger partial charge in [-0.3, -0.25) is 0 Å². The summed E-state index contributed by atoms with van der Waals surface area (Å²) in [5.41, 5.74) is 0.715. The number of phenols is 1. The van der Waals surface area contributed by atoms with Gasteiger partial charge in [-0.1, -0.05) is 23.4 Å². The summed E-state index contributed by atoms with van der Waals surface area (Å²) in [4.78, 5) is 0. The molecular weight excluding hydrogens is 519 g/mol. The second-order valence-corrected chi connectivity index (χ2v) is 10.4. The number of para-hydroxylation sites is 1. The molecule has 12 heteroatoms. The number of rotatable bonds is 5. The van der Waals surface area contributed by atoms with Gasteiger partial charge in [0.05, 0.1) is 26.0 Å². The van der Waals surface area contributed by atoms with Gasteiger partial charge in [-0.2, -0.15) is 0 Å². The van der Waals surface area contributed by atoms with Crippen molar-refractivity contribution in [3.05, 3.63) is 65.6 Å². The highest BCUT2D eigenvalue weighted by atomic mass is 19.2. The van der Waals surface area contributed by atoms with Crippen molar-refractivity contribution in [3.8, 4) is 17.0 Å². The number of benzene rings is 2. The van der Waals surface area contributed by atoms with Crippen LogP contribution in [0.2, 0.25) is 0 Å². The predicted octanol–water partition coefficient (Wildman–Crippen LogP) is 4.25. The molecule has 9 nitrogen and oxygen atoms in total. The average molecular weight is 548 g/mol. The van der Waals surface area contributed by atoms with E-state index in [1.54, 1.807) is 38.1 Å². The van der Waals surface area contributed by atoms with E-state index in [0.29, 0.717) is 18.6 Å². The Kier molecular flexibility index (Phi) is 6.63. The molecule has 39 heavy (non-hydrogen) atoms. The van der Waals surface area contributed by atoms with Gasteiger partial charge in [0.25, 0.3) is 0 Å². The van der Waals surface area contributed by atoms with E-state index in [1.807, 2.05) is 0 Å². The van der Waals surface area contributed by atoms with Gasteiger partial charge in [-0.25, -0.2) is 17.9 Å².